The van der Waals surface area contributed by atoms with Crippen molar-refractivity contribution in [1.29, 1.82) is 0 Å². The van der Waals surface area contributed by atoms with E-state index in [1.54, 1.807) is 0 Å². The first-order valence-electron chi connectivity index (χ1n) is 7.12. The van der Waals surface area contributed by atoms with Gasteiger partial charge in [-0.1, -0.05) is 18.2 Å². The van der Waals surface area contributed by atoms with E-state index < -0.39 is 11.7 Å². The second kappa shape index (κ2) is 7.14. The summed E-state index contributed by atoms with van der Waals surface area (Å²) in [6.07, 6.45) is -1.43. The van der Waals surface area contributed by atoms with E-state index in [0.717, 1.165) is 42.7 Å². The van der Waals surface area contributed by atoms with Crippen LogP contribution in [0.1, 0.15) is 29.7 Å². The van der Waals surface area contributed by atoms with E-state index in [4.69, 9.17) is 11.6 Å². The Kier molecular flexibility index (Phi) is 5.46. The second-order valence-electron chi connectivity index (χ2n) is 5.16. The topological polar surface area (TPSA) is 12.9 Å². The molecule has 2 rings (SSSR count). The molecule has 0 fully saturated rings. The third-order valence-electron chi connectivity index (χ3n) is 3.53. The van der Waals surface area contributed by atoms with E-state index in [-0.39, 0.29) is 0 Å². The number of nitrogens with zero attached hydrogens (tertiary/aromatic N) is 1. The molecule has 1 aromatic carbocycles. The highest BCUT2D eigenvalue weighted by Gasteiger charge is 2.29. The smallest absolute Gasteiger partial charge is 0.253 e. The molecule has 0 unspecified atom stereocenters. The van der Waals surface area contributed by atoms with Crippen molar-refractivity contribution in [3.05, 3.63) is 53.2 Å². The van der Waals surface area contributed by atoms with Gasteiger partial charge in [-0.2, -0.15) is 13.2 Å². The first-order valence-corrected chi connectivity index (χ1v) is 7.65. The van der Waals surface area contributed by atoms with Crippen molar-refractivity contribution in [1.82, 2.24) is 4.98 Å². The monoisotopic (exact) mass is 327 g/mol. The van der Waals surface area contributed by atoms with Gasteiger partial charge in [0.25, 0.3) is 0 Å². The molecule has 0 aliphatic carbocycles. The van der Waals surface area contributed by atoms with E-state index in [1.807, 2.05) is 19.1 Å². The highest BCUT2D eigenvalue weighted by atomic mass is 35.5. The minimum atomic E-state index is -4.31. The molecule has 118 valence electrons. The summed E-state index contributed by atoms with van der Waals surface area (Å²) in [4.78, 5) is 4.50. The van der Waals surface area contributed by atoms with Gasteiger partial charge in [0.1, 0.15) is 0 Å². The van der Waals surface area contributed by atoms with Crippen molar-refractivity contribution >= 4 is 11.6 Å². The largest absolute Gasteiger partial charge is 0.416 e. The standard InChI is InChI=1S/C17H17ClF3N/c1-12-13(4-2-3-11-18)7-10-16(22-12)14-5-8-15(9-6-14)17(19,20)21/h5-10H,2-4,11H2,1H3. The summed E-state index contributed by atoms with van der Waals surface area (Å²) in [7, 11) is 0. The lowest BCUT2D eigenvalue weighted by molar-refractivity contribution is -0.137. The van der Waals surface area contributed by atoms with E-state index >= 15 is 0 Å². The maximum absolute atomic E-state index is 12.6. The molecule has 0 bridgehead atoms. The molecule has 0 aliphatic rings. The molecule has 0 amide bonds. The number of alkyl halides is 4. The van der Waals surface area contributed by atoms with E-state index in [1.165, 1.54) is 12.1 Å². The maximum atomic E-state index is 12.6. The summed E-state index contributed by atoms with van der Waals surface area (Å²) in [6, 6.07) is 8.92. The molecule has 2 aromatic rings. The van der Waals surface area contributed by atoms with Crippen molar-refractivity contribution < 1.29 is 13.2 Å². The van der Waals surface area contributed by atoms with Gasteiger partial charge in [0.2, 0.25) is 0 Å². The first-order chi connectivity index (χ1) is 10.4. The molecule has 0 saturated carbocycles. The third-order valence-corrected chi connectivity index (χ3v) is 3.80. The lowest BCUT2D eigenvalue weighted by atomic mass is 10.0. The number of benzene rings is 1. The van der Waals surface area contributed by atoms with Crippen LogP contribution in [0, 0.1) is 6.92 Å². The van der Waals surface area contributed by atoms with Gasteiger partial charge in [-0.3, -0.25) is 4.98 Å². The van der Waals surface area contributed by atoms with Crippen LogP contribution in [0.15, 0.2) is 36.4 Å². The molecule has 1 nitrogen and oxygen atoms in total. The molecule has 1 heterocycles. The molecule has 0 aliphatic heterocycles. The van der Waals surface area contributed by atoms with Gasteiger partial charge in [-0.25, -0.2) is 0 Å². The zero-order chi connectivity index (χ0) is 16.2. The summed E-state index contributed by atoms with van der Waals surface area (Å²) < 4.78 is 37.7. The Morgan fingerprint density at radius 2 is 1.68 bits per heavy atom. The van der Waals surface area contributed by atoms with Gasteiger partial charge in [0.05, 0.1) is 11.3 Å². The molecule has 0 saturated heterocycles. The van der Waals surface area contributed by atoms with Crippen molar-refractivity contribution in [2.45, 2.75) is 32.4 Å². The highest BCUT2D eigenvalue weighted by Crippen LogP contribution is 2.30. The van der Waals surface area contributed by atoms with Crippen LogP contribution in [0.4, 0.5) is 13.2 Å². The highest BCUT2D eigenvalue weighted by molar-refractivity contribution is 6.17. The van der Waals surface area contributed by atoms with E-state index in [2.05, 4.69) is 4.98 Å². The second-order valence-corrected chi connectivity index (χ2v) is 5.54. The number of hydrogen-bond donors (Lipinski definition) is 0. The SMILES string of the molecule is Cc1nc(-c2ccc(C(F)(F)F)cc2)ccc1CCCCCl. The predicted octanol–water partition coefficient (Wildman–Crippen LogP) is 5.64. The summed E-state index contributed by atoms with van der Waals surface area (Å²) in [5, 5.41) is 0. The Bertz CT molecular complexity index is 621. The predicted molar refractivity (Wildman–Crippen MR) is 83.1 cm³/mol. The summed E-state index contributed by atoms with van der Waals surface area (Å²) >= 11 is 5.66. The fraction of sp³-hybridized carbons (Fsp3) is 0.353. The molecular weight excluding hydrogens is 311 g/mol. The van der Waals surface area contributed by atoms with Crippen molar-refractivity contribution in [3.63, 3.8) is 0 Å². The summed E-state index contributed by atoms with van der Waals surface area (Å²) in [5.74, 6) is 0.649. The van der Waals surface area contributed by atoms with Crippen LogP contribution in [0.25, 0.3) is 11.3 Å². The zero-order valence-electron chi connectivity index (χ0n) is 12.3. The van der Waals surface area contributed by atoms with Crippen LogP contribution >= 0.6 is 11.6 Å². The number of pyridine rings is 1. The van der Waals surface area contributed by atoms with Crippen LogP contribution < -0.4 is 0 Å². The number of aryl methyl sites for hydroxylation is 2. The van der Waals surface area contributed by atoms with Gasteiger partial charge in [-0.15, -0.1) is 11.6 Å². The molecule has 1 aromatic heterocycles. The molecule has 0 spiro atoms. The maximum Gasteiger partial charge on any atom is 0.416 e. The Balaban J connectivity index is 2.17. The van der Waals surface area contributed by atoms with Crippen LogP contribution in [0.3, 0.4) is 0 Å². The van der Waals surface area contributed by atoms with Crippen molar-refractivity contribution in [2.75, 3.05) is 5.88 Å². The van der Waals surface area contributed by atoms with Gasteiger partial charge in [0.15, 0.2) is 0 Å². The Morgan fingerprint density at radius 3 is 2.23 bits per heavy atom. The Hall–Kier alpha value is -1.55. The fourth-order valence-corrected chi connectivity index (χ4v) is 2.44. The van der Waals surface area contributed by atoms with Crippen molar-refractivity contribution in [3.8, 4) is 11.3 Å². The molecule has 0 radical (unpaired) electrons. The molecular formula is C17H17ClF3N. The quantitative estimate of drug-likeness (QED) is 0.511. The zero-order valence-corrected chi connectivity index (χ0v) is 13.0. The number of aromatic nitrogens is 1. The third kappa shape index (κ3) is 4.23. The fourth-order valence-electron chi connectivity index (χ4n) is 2.25. The molecule has 0 atom stereocenters. The first kappa shape index (κ1) is 16.8. The number of rotatable bonds is 5. The van der Waals surface area contributed by atoms with Crippen molar-refractivity contribution in [2.24, 2.45) is 0 Å². The molecule has 22 heavy (non-hydrogen) atoms. The molecule has 0 N–H and O–H groups in total. The van der Waals surface area contributed by atoms with E-state index in [9.17, 15) is 13.2 Å². The minimum Gasteiger partial charge on any atom is -0.253 e. The number of halogens is 4. The molecule has 5 heteroatoms. The average molecular weight is 328 g/mol. The van der Waals surface area contributed by atoms with Gasteiger partial charge in [0, 0.05) is 17.1 Å². The summed E-state index contributed by atoms with van der Waals surface area (Å²) in [5.41, 5.74) is 2.79. The van der Waals surface area contributed by atoms with E-state index in [0.29, 0.717) is 17.1 Å². The Morgan fingerprint density at radius 1 is 1.00 bits per heavy atom. The number of unbranched alkanes of at least 4 members (excludes halogenated alkanes) is 1. The van der Waals surface area contributed by atoms with Crippen LogP contribution in [-0.2, 0) is 12.6 Å². The van der Waals surface area contributed by atoms with Crippen LogP contribution in [0.2, 0.25) is 0 Å². The summed E-state index contributed by atoms with van der Waals surface area (Å²) in [6.45, 7) is 1.92. The minimum absolute atomic E-state index is 0.648. The lowest BCUT2D eigenvalue weighted by Crippen LogP contribution is -2.04. The normalized spacial score (nSPS) is 11.7. The van der Waals surface area contributed by atoms with Gasteiger partial charge >= 0.3 is 6.18 Å². The Labute approximate surface area is 133 Å². The lowest BCUT2D eigenvalue weighted by Gasteiger charge is -2.09. The average Bonchev–Trinajstić information content (AvgIpc) is 2.48. The van der Waals surface area contributed by atoms with Crippen LogP contribution in [0.5, 0.6) is 0 Å². The van der Waals surface area contributed by atoms with Gasteiger partial charge in [-0.05, 0) is 49.9 Å². The van der Waals surface area contributed by atoms with Crippen LogP contribution in [-0.4, -0.2) is 10.9 Å². The number of hydrogen-bond acceptors (Lipinski definition) is 1. The van der Waals surface area contributed by atoms with Gasteiger partial charge < -0.3 is 0 Å².